The van der Waals surface area contributed by atoms with Crippen LogP contribution in [0.4, 0.5) is 0 Å². The van der Waals surface area contributed by atoms with Gasteiger partial charge in [0, 0.05) is 19.0 Å². The van der Waals surface area contributed by atoms with Crippen molar-refractivity contribution in [2.24, 2.45) is 5.92 Å². The topological polar surface area (TPSA) is 59.8 Å². The van der Waals surface area contributed by atoms with E-state index in [0.29, 0.717) is 19.0 Å². The zero-order valence-corrected chi connectivity index (χ0v) is 12.4. The van der Waals surface area contributed by atoms with Gasteiger partial charge in [0.1, 0.15) is 12.2 Å². The molecule has 0 radical (unpaired) electrons. The molecule has 1 heterocycles. The third-order valence-electron chi connectivity index (χ3n) is 4.18. The van der Waals surface area contributed by atoms with Gasteiger partial charge in [-0.2, -0.15) is 0 Å². The van der Waals surface area contributed by atoms with E-state index in [1.807, 2.05) is 23.6 Å². The Kier molecular flexibility index (Phi) is 3.73. The van der Waals surface area contributed by atoms with Gasteiger partial charge in [-0.05, 0) is 37.3 Å². The highest BCUT2D eigenvalue weighted by atomic mass is 16.2. The monoisotopic (exact) mass is 284 g/mol. The molecular weight excluding hydrogens is 264 g/mol. The van der Waals surface area contributed by atoms with Crippen molar-refractivity contribution in [2.45, 2.75) is 32.7 Å². The Labute approximate surface area is 124 Å². The SMILES string of the molecule is Cc1ccccc1[C@@H]1C[C@@H]1C(=O)NCCn1cnnc1C. The molecule has 2 atom stereocenters. The Bertz CT molecular complexity index is 649. The van der Waals surface area contributed by atoms with Crippen LogP contribution in [0.3, 0.4) is 0 Å². The lowest BCUT2D eigenvalue weighted by molar-refractivity contribution is -0.122. The number of aromatic nitrogens is 3. The second kappa shape index (κ2) is 5.68. The first-order valence-corrected chi connectivity index (χ1v) is 7.34. The zero-order chi connectivity index (χ0) is 14.8. The first kappa shape index (κ1) is 13.8. The molecule has 1 fully saturated rings. The summed E-state index contributed by atoms with van der Waals surface area (Å²) in [7, 11) is 0. The predicted molar refractivity (Wildman–Crippen MR) is 79.8 cm³/mol. The van der Waals surface area contributed by atoms with Crippen molar-refractivity contribution in [2.75, 3.05) is 6.54 Å². The summed E-state index contributed by atoms with van der Waals surface area (Å²) in [6, 6.07) is 8.33. The van der Waals surface area contributed by atoms with Crippen LogP contribution in [0.15, 0.2) is 30.6 Å². The molecule has 0 bridgehead atoms. The molecular formula is C16H20N4O. The molecule has 1 amide bonds. The number of aryl methyl sites for hydroxylation is 2. The van der Waals surface area contributed by atoms with Crippen LogP contribution in [0.5, 0.6) is 0 Å². The lowest BCUT2D eigenvalue weighted by atomic mass is 10.0. The van der Waals surface area contributed by atoms with Crippen LogP contribution in [0.1, 0.15) is 29.3 Å². The number of hydrogen-bond donors (Lipinski definition) is 1. The molecule has 5 nitrogen and oxygen atoms in total. The van der Waals surface area contributed by atoms with Gasteiger partial charge in [-0.25, -0.2) is 0 Å². The van der Waals surface area contributed by atoms with Crippen LogP contribution in [0.25, 0.3) is 0 Å². The average molecular weight is 284 g/mol. The van der Waals surface area contributed by atoms with Gasteiger partial charge in [0.2, 0.25) is 5.91 Å². The van der Waals surface area contributed by atoms with E-state index in [9.17, 15) is 4.79 Å². The smallest absolute Gasteiger partial charge is 0.223 e. The summed E-state index contributed by atoms with van der Waals surface area (Å²) in [6.45, 7) is 5.35. The molecule has 5 heteroatoms. The summed E-state index contributed by atoms with van der Waals surface area (Å²) in [5.74, 6) is 1.55. The Morgan fingerprint density at radius 1 is 1.38 bits per heavy atom. The highest BCUT2D eigenvalue weighted by molar-refractivity contribution is 5.83. The minimum Gasteiger partial charge on any atom is -0.354 e. The molecule has 21 heavy (non-hydrogen) atoms. The standard InChI is InChI=1S/C16H20N4O/c1-11-5-3-4-6-13(11)14-9-15(14)16(21)17-7-8-20-10-18-19-12(20)2/h3-6,10,14-15H,7-9H2,1-2H3,(H,17,21)/t14-,15-/m0/s1. The summed E-state index contributed by atoms with van der Waals surface area (Å²) in [4.78, 5) is 12.2. The maximum absolute atomic E-state index is 12.2. The highest BCUT2D eigenvalue weighted by Crippen LogP contribution is 2.48. The molecule has 0 aliphatic heterocycles. The average Bonchev–Trinajstić information content (AvgIpc) is 3.17. The number of hydrogen-bond acceptors (Lipinski definition) is 3. The summed E-state index contributed by atoms with van der Waals surface area (Å²) >= 11 is 0. The van der Waals surface area contributed by atoms with E-state index in [4.69, 9.17) is 0 Å². The van der Waals surface area contributed by atoms with Crippen LogP contribution < -0.4 is 5.32 Å². The molecule has 2 aromatic rings. The second-order valence-corrected chi connectivity index (χ2v) is 5.67. The van der Waals surface area contributed by atoms with Crippen LogP contribution in [0.2, 0.25) is 0 Å². The van der Waals surface area contributed by atoms with Gasteiger partial charge < -0.3 is 9.88 Å². The molecule has 1 saturated carbocycles. The number of carbonyl (C=O) groups excluding carboxylic acids is 1. The maximum atomic E-state index is 12.2. The van der Waals surface area contributed by atoms with Gasteiger partial charge in [-0.1, -0.05) is 24.3 Å². The van der Waals surface area contributed by atoms with Crippen LogP contribution in [-0.4, -0.2) is 27.2 Å². The summed E-state index contributed by atoms with van der Waals surface area (Å²) in [6.07, 6.45) is 2.65. The number of amides is 1. The van der Waals surface area contributed by atoms with Gasteiger partial charge >= 0.3 is 0 Å². The Morgan fingerprint density at radius 2 is 2.19 bits per heavy atom. The molecule has 3 rings (SSSR count). The van der Waals surface area contributed by atoms with Gasteiger partial charge in [-0.15, -0.1) is 10.2 Å². The van der Waals surface area contributed by atoms with E-state index < -0.39 is 0 Å². The molecule has 1 aromatic heterocycles. The molecule has 110 valence electrons. The fourth-order valence-corrected chi connectivity index (χ4v) is 2.79. The van der Waals surface area contributed by atoms with Crippen molar-refractivity contribution >= 4 is 5.91 Å². The number of carbonyl (C=O) groups is 1. The first-order chi connectivity index (χ1) is 10.2. The van der Waals surface area contributed by atoms with Crippen LogP contribution >= 0.6 is 0 Å². The van der Waals surface area contributed by atoms with E-state index >= 15 is 0 Å². The fourth-order valence-electron chi connectivity index (χ4n) is 2.79. The van der Waals surface area contributed by atoms with Gasteiger partial charge in [-0.3, -0.25) is 4.79 Å². The predicted octanol–water partition coefficient (Wildman–Crippen LogP) is 1.81. The molecule has 1 aromatic carbocycles. The van der Waals surface area contributed by atoms with Crippen molar-refractivity contribution in [3.05, 3.63) is 47.5 Å². The first-order valence-electron chi connectivity index (χ1n) is 7.34. The normalized spacial score (nSPS) is 20.3. The molecule has 0 saturated heterocycles. The van der Waals surface area contributed by atoms with Gasteiger partial charge in [0.15, 0.2) is 0 Å². The van der Waals surface area contributed by atoms with E-state index in [1.54, 1.807) is 6.33 Å². The van der Waals surface area contributed by atoms with E-state index in [2.05, 4.69) is 34.6 Å². The van der Waals surface area contributed by atoms with Gasteiger partial charge in [0.25, 0.3) is 0 Å². The second-order valence-electron chi connectivity index (χ2n) is 5.67. The van der Waals surface area contributed by atoms with Crippen molar-refractivity contribution in [3.8, 4) is 0 Å². The Hall–Kier alpha value is -2.17. The minimum atomic E-state index is 0.133. The number of nitrogens with zero attached hydrogens (tertiary/aromatic N) is 3. The lowest BCUT2D eigenvalue weighted by Gasteiger charge is -2.07. The third kappa shape index (κ3) is 2.96. The van der Waals surface area contributed by atoms with E-state index in [-0.39, 0.29) is 11.8 Å². The van der Waals surface area contributed by atoms with Crippen molar-refractivity contribution in [1.29, 1.82) is 0 Å². The van der Waals surface area contributed by atoms with E-state index in [0.717, 1.165) is 12.2 Å². The number of benzene rings is 1. The minimum absolute atomic E-state index is 0.133. The molecule has 1 N–H and O–H groups in total. The quantitative estimate of drug-likeness (QED) is 0.911. The molecule has 0 unspecified atom stereocenters. The molecule has 1 aliphatic carbocycles. The summed E-state index contributed by atoms with van der Waals surface area (Å²) in [5.41, 5.74) is 2.59. The Morgan fingerprint density at radius 3 is 2.90 bits per heavy atom. The molecule has 1 aliphatic rings. The maximum Gasteiger partial charge on any atom is 0.223 e. The summed E-state index contributed by atoms with van der Waals surface area (Å²) < 4.78 is 1.94. The van der Waals surface area contributed by atoms with Crippen molar-refractivity contribution < 1.29 is 4.79 Å². The van der Waals surface area contributed by atoms with Crippen molar-refractivity contribution in [1.82, 2.24) is 20.1 Å². The number of rotatable bonds is 5. The van der Waals surface area contributed by atoms with Crippen molar-refractivity contribution in [3.63, 3.8) is 0 Å². The highest BCUT2D eigenvalue weighted by Gasteiger charge is 2.44. The van der Waals surface area contributed by atoms with E-state index in [1.165, 1.54) is 11.1 Å². The zero-order valence-electron chi connectivity index (χ0n) is 12.4. The molecule has 0 spiro atoms. The van der Waals surface area contributed by atoms with Gasteiger partial charge in [0.05, 0.1) is 0 Å². The number of nitrogens with one attached hydrogen (secondary N) is 1. The van der Waals surface area contributed by atoms with Crippen LogP contribution in [0, 0.1) is 19.8 Å². The Balaban J connectivity index is 1.50. The largest absolute Gasteiger partial charge is 0.354 e. The summed E-state index contributed by atoms with van der Waals surface area (Å²) in [5, 5.41) is 10.8. The fraction of sp³-hybridized carbons (Fsp3) is 0.438. The van der Waals surface area contributed by atoms with Crippen LogP contribution in [-0.2, 0) is 11.3 Å². The third-order valence-corrected chi connectivity index (χ3v) is 4.18. The lowest BCUT2D eigenvalue weighted by Crippen LogP contribution is -2.29.